The Morgan fingerprint density at radius 3 is 1.30 bits per heavy atom. The van der Waals surface area contributed by atoms with Crippen LogP contribution in [0, 0.1) is 0 Å². The second kappa shape index (κ2) is 8.83. The van der Waals surface area contributed by atoms with Crippen molar-refractivity contribution in [3.05, 3.63) is 106 Å². The summed E-state index contributed by atoms with van der Waals surface area (Å²) in [6.45, 7) is 0. The highest BCUT2D eigenvalue weighted by molar-refractivity contribution is 6.68. The van der Waals surface area contributed by atoms with Crippen LogP contribution in [-0.4, -0.2) is 16.7 Å². The van der Waals surface area contributed by atoms with Crippen molar-refractivity contribution in [3.8, 4) is 0 Å². The number of carbonyl (C=O) groups is 2. The monoisotopic (exact) mass is 504 g/mol. The van der Waals surface area contributed by atoms with Gasteiger partial charge in [-0.1, -0.05) is 42.5 Å². The maximum absolute atomic E-state index is 14.9. The molecule has 0 aliphatic rings. The van der Waals surface area contributed by atoms with Crippen LogP contribution >= 0.6 is 23.2 Å². The third-order valence-corrected chi connectivity index (χ3v) is 5.57. The average Bonchev–Trinajstić information content (AvgIpc) is 2.73. The summed E-state index contributed by atoms with van der Waals surface area (Å²) in [5.41, 5.74) is -6.15. The van der Waals surface area contributed by atoms with Crippen LogP contribution in [0.15, 0.2) is 72.8 Å². The molecule has 3 aromatic carbocycles. The Kier molecular flexibility index (Phi) is 6.64. The predicted octanol–water partition coefficient (Wildman–Crippen LogP) is 7.36. The Bertz CT molecular complexity index is 1130. The van der Waals surface area contributed by atoms with Gasteiger partial charge in [0, 0.05) is 11.1 Å². The largest absolute Gasteiger partial charge is 0.416 e. The van der Waals surface area contributed by atoms with Crippen LogP contribution in [0.1, 0.15) is 43.0 Å². The Labute approximate surface area is 193 Å². The van der Waals surface area contributed by atoms with E-state index in [0.29, 0.717) is 12.1 Å². The van der Waals surface area contributed by atoms with Crippen LogP contribution < -0.4 is 0 Å². The molecule has 0 unspecified atom stereocenters. The molecule has 0 radical (unpaired) electrons. The molecule has 0 spiro atoms. The average molecular weight is 505 g/mol. The van der Waals surface area contributed by atoms with Crippen molar-refractivity contribution >= 4 is 33.7 Å². The van der Waals surface area contributed by atoms with Crippen LogP contribution in [0.4, 0.5) is 26.3 Å². The summed E-state index contributed by atoms with van der Waals surface area (Å²) < 4.78 is 84.8. The molecule has 0 bridgehead atoms. The fourth-order valence-electron chi connectivity index (χ4n) is 3.62. The Balaban J connectivity index is 2.41. The maximum Gasteiger partial charge on any atom is 0.416 e. The summed E-state index contributed by atoms with van der Waals surface area (Å²) >= 11 is 10.8. The zero-order chi connectivity index (χ0) is 24.6. The molecule has 3 aromatic rings. The molecular formula is C23H12Cl2F6O2. The van der Waals surface area contributed by atoms with E-state index in [1.54, 1.807) is 0 Å². The molecule has 0 aliphatic heterocycles. The molecule has 0 aliphatic carbocycles. The highest BCUT2D eigenvalue weighted by Crippen LogP contribution is 2.52. The van der Waals surface area contributed by atoms with Gasteiger partial charge in [-0.2, -0.15) is 26.3 Å². The lowest BCUT2D eigenvalue weighted by Crippen LogP contribution is -2.44. The van der Waals surface area contributed by atoms with E-state index >= 15 is 0 Å². The summed E-state index contributed by atoms with van der Waals surface area (Å²) in [6, 6.07) is 11.0. The number of hydrogen-bond acceptors (Lipinski definition) is 2. The van der Waals surface area contributed by atoms with E-state index < -0.39 is 50.5 Å². The molecule has 0 saturated heterocycles. The van der Waals surface area contributed by atoms with Crippen LogP contribution in [0.25, 0.3) is 0 Å². The topological polar surface area (TPSA) is 34.1 Å². The van der Waals surface area contributed by atoms with Gasteiger partial charge < -0.3 is 0 Å². The molecule has 0 fully saturated rings. The molecule has 10 heteroatoms. The second-order valence-electron chi connectivity index (χ2n) is 7.03. The normalized spacial score (nSPS) is 12.5. The minimum Gasteiger partial charge on any atom is -0.276 e. The molecule has 0 atom stereocenters. The molecule has 0 N–H and O–H groups in total. The van der Waals surface area contributed by atoms with Crippen molar-refractivity contribution in [1.82, 2.24) is 0 Å². The molecule has 172 valence electrons. The second-order valence-corrected chi connectivity index (χ2v) is 7.72. The van der Waals surface area contributed by atoms with Crippen LogP contribution in [0.5, 0.6) is 0 Å². The number of alkyl halides is 6. The maximum atomic E-state index is 14.9. The lowest BCUT2D eigenvalue weighted by atomic mass is 9.68. The van der Waals surface area contributed by atoms with Gasteiger partial charge in [0.05, 0.1) is 5.56 Å². The smallest absolute Gasteiger partial charge is 0.276 e. The first-order valence-corrected chi connectivity index (χ1v) is 9.89. The summed E-state index contributed by atoms with van der Waals surface area (Å²) in [4.78, 5) is 22.7. The van der Waals surface area contributed by atoms with E-state index in [-0.39, 0.29) is 11.1 Å². The van der Waals surface area contributed by atoms with Crippen LogP contribution in [0.3, 0.4) is 0 Å². The Morgan fingerprint density at radius 1 is 0.576 bits per heavy atom. The number of rotatable bonds is 5. The molecule has 3 rings (SSSR count). The number of hydrogen-bond donors (Lipinski definition) is 0. The highest BCUT2D eigenvalue weighted by atomic mass is 35.5. The SMILES string of the molecule is O=C(Cl)c1ccc(C(c2ccc(C(=O)Cl)cc2)(c2cccc(C(F)(F)F)c2)C(F)(F)F)cc1. The van der Waals surface area contributed by atoms with Crippen molar-refractivity contribution in [2.24, 2.45) is 0 Å². The van der Waals surface area contributed by atoms with E-state index in [1.807, 2.05) is 0 Å². The quantitative estimate of drug-likeness (QED) is 0.206. The predicted molar refractivity (Wildman–Crippen MR) is 111 cm³/mol. The summed E-state index contributed by atoms with van der Waals surface area (Å²) in [5.74, 6) is 0. The van der Waals surface area contributed by atoms with Gasteiger partial charge in [0.2, 0.25) is 0 Å². The van der Waals surface area contributed by atoms with Crippen molar-refractivity contribution < 1.29 is 35.9 Å². The van der Waals surface area contributed by atoms with Crippen molar-refractivity contribution in [2.45, 2.75) is 17.8 Å². The minimum atomic E-state index is -5.14. The van der Waals surface area contributed by atoms with Gasteiger partial charge in [-0.3, -0.25) is 9.59 Å². The first-order valence-electron chi connectivity index (χ1n) is 9.13. The van der Waals surface area contributed by atoms with Gasteiger partial charge in [-0.25, -0.2) is 0 Å². The zero-order valence-electron chi connectivity index (χ0n) is 16.3. The minimum absolute atomic E-state index is 0.0939. The van der Waals surface area contributed by atoms with E-state index in [4.69, 9.17) is 23.2 Å². The summed E-state index contributed by atoms with van der Waals surface area (Å²) in [5, 5.41) is -1.83. The van der Waals surface area contributed by atoms with Crippen molar-refractivity contribution in [3.63, 3.8) is 0 Å². The van der Waals surface area contributed by atoms with Gasteiger partial charge in [0.25, 0.3) is 10.5 Å². The third kappa shape index (κ3) is 4.63. The summed E-state index contributed by atoms with van der Waals surface area (Å²) in [6.07, 6.45) is -10.0. The van der Waals surface area contributed by atoms with E-state index in [9.17, 15) is 35.9 Å². The molecule has 2 nitrogen and oxygen atoms in total. The molecular weight excluding hydrogens is 493 g/mol. The summed E-state index contributed by atoms with van der Waals surface area (Å²) in [7, 11) is 0. The van der Waals surface area contributed by atoms with Gasteiger partial charge >= 0.3 is 12.4 Å². The fourth-order valence-corrected chi connectivity index (χ4v) is 3.87. The zero-order valence-corrected chi connectivity index (χ0v) is 17.8. The van der Waals surface area contributed by atoms with Gasteiger partial charge in [-0.05, 0) is 70.2 Å². The Hall–Kier alpha value is -2.84. The van der Waals surface area contributed by atoms with E-state index in [0.717, 1.165) is 60.7 Å². The first kappa shape index (κ1) is 24.8. The molecule has 0 heterocycles. The third-order valence-electron chi connectivity index (χ3n) is 5.14. The van der Waals surface area contributed by atoms with E-state index in [2.05, 4.69) is 0 Å². The molecule has 0 aromatic heterocycles. The van der Waals surface area contributed by atoms with Gasteiger partial charge in [-0.15, -0.1) is 0 Å². The van der Waals surface area contributed by atoms with E-state index in [1.165, 1.54) is 0 Å². The lowest BCUT2D eigenvalue weighted by Gasteiger charge is -2.38. The Morgan fingerprint density at radius 2 is 0.970 bits per heavy atom. The fraction of sp³-hybridized carbons (Fsp3) is 0.130. The van der Waals surface area contributed by atoms with Crippen LogP contribution in [-0.2, 0) is 11.6 Å². The molecule has 33 heavy (non-hydrogen) atoms. The standard InChI is InChI=1S/C23H12Cl2F6O2/c24-19(32)13-4-8-15(9-5-13)21(23(29,30)31,16-10-6-14(7-11-16)20(25)33)17-2-1-3-18(12-17)22(26,27)28/h1-12H. The van der Waals surface area contributed by atoms with Crippen molar-refractivity contribution in [2.75, 3.05) is 0 Å². The number of halogens is 8. The van der Waals surface area contributed by atoms with Gasteiger partial charge in [0.15, 0.2) is 0 Å². The molecule has 0 amide bonds. The molecule has 0 saturated carbocycles. The van der Waals surface area contributed by atoms with Gasteiger partial charge in [0.1, 0.15) is 5.41 Å². The lowest BCUT2D eigenvalue weighted by molar-refractivity contribution is -0.167. The number of benzene rings is 3. The first-order chi connectivity index (χ1) is 15.3. The number of carbonyl (C=O) groups excluding carboxylic acids is 2. The van der Waals surface area contributed by atoms with Crippen molar-refractivity contribution in [1.29, 1.82) is 0 Å². The van der Waals surface area contributed by atoms with Crippen LogP contribution in [0.2, 0.25) is 0 Å². The highest BCUT2D eigenvalue weighted by Gasteiger charge is 2.58.